The maximum atomic E-state index is 11.2. The molecule has 2 rings (SSSR count). The highest BCUT2D eigenvalue weighted by molar-refractivity contribution is 5.80. The number of nitrogens with zero attached hydrogens (tertiary/aromatic N) is 1. The van der Waals surface area contributed by atoms with Crippen molar-refractivity contribution in [3.63, 3.8) is 0 Å². The van der Waals surface area contributed by atoms with E-state index in [0.29, 0.717) is 5.91 Å². The van der Waals surface area contributed by atoms with Gasteiger partial charge in [-0.25, -0.2) is 0 Å². The number of amides is 1. The lowest BCUT2D eigenvalue weighted by molar-refractivity contribution is -0.129. The summed E-state index contributed by atoms with van der Waals surface area (Å²) in [5.41, 5.74) is 0.261. The fourth-order valence-electron chi connectivity index (χ4n) is 2.22. The number of carbonyl (C=O) groups is 1. The van der Waals surface area contributed by atoms with Crippen molar-refractivity contribution in [2.45, 2.75) is 52.0 Å². The molecule has 0 aromatic heterocycles. The first-order chi connectivity index (χ1) is 5.72. The maximum Gasteiger partial charge on any atom is 0.223 e. The standard InChI is InChI=1S/C8H13NO.C2H6/c1-8-4-2-6-9(8)7(10)3-5-8;1-2/h2-6H2,1H3;1-2H3. The minimum atomic E-state index is 0.261. The number of hydrogen-bond donors (Lipinski definition) is 0. The van der Waals surface area contributed by atoms with Gasteiger partial charge in [0.1, 0.15) is 0 Å². The van der Waals surface area contributed by atoms with Gasteiger partial charge in [0.25, 0.3) is 0 Å². The number of fused-ring (bicyclic) bond motifs is 1. The fraction of sp³-hybridized carbons (Fsp3) is 0.900. The number of rotatable bonds is 0. The molecule has 2 nitrogen and oxygen atoms in total. The van der Waals surface area contributed by atoms with Gasteiger partial charge in [0.05, 0.1) is 0 Å². The Kier molecular flexibility index (Phi) is 2.76. The first-order valence-corrected chi connectivity index (χ1v) is 5.03. The highest BCUT2D eigenvalue weighted by Gasteiger charge is 2.44. The smallest absolute Gasteiger partial charge is 0.223 e. The van der Waals surface area contributed by atoms with Crippen LogP contribution in [0, 0.1) is 0 Å². The van der Waals surface area contributed by atoms with Crippen molar-refractivity contribution in [2.75, 3.05) is 6.54 Å². The van der Waals surface area contributed by atoms with E-state index in [-0.39, 0.29) is 5.54 Å². The minimum Gasteiger partial charge on any atom is -0.337 e. The summed E-state index contributed by atoms with van der Waals surface area (Å²) in [4.78, 5) is 13.2. The van der Waals surface area contributed by atoms with Gasteiger partial charge in [0, 0.05) is 18.5 Å². The zero-order chi connectivity index (χ0) is 9.19. The lowest BCUT2D eigenvalue weighted by Crippen LogP contribution is -2.37. The SMILES string of the molecule is CC.CC12CCCN1C(=O)CC2. The van der Waals surface area contributed by atoms with Gasteiger partial charge in [-0.3, -0.25) is 4.79 Å². The van der Waals surface area contributed by atoms with E-state index < -0.39 is 0 Å². The second-order valence-electron chi connectivity index (χ2n) is 3.65. The average Bonchev–Trinajstić information content (AvgIpc) is 2.57. The topological polar surface area (TPSA) is 20.3 Å². The molecule has 0 bridgehead atoms. The van der Waals surface area contributed by atoms with Crippen LogP contribution < -0.4 is 0 Å². The molecule has 2 aliphatic heterocycles. The Morgan fingerprint density at radius 2 is 2.00 bits per heavy atom. The molecule has 70 valence electrons. The van der Waals surface area contributed by atoms with Crippen molar-refractivity contribution < 1.29 is 4.79 Å². The monoisotopic (exact) mass is 169 g/mol. The van der Waals surface area contributed by atoms with Crippen molar-refractivity contribution in [1.29, 1.82) is 0 Å². The van der Waals surface area contributed by atoms with Crippen LogP contribution in [0.25, 0.3) is 0 Å². The van der Waals surface area contributed by atoms with E-state index in [2.05, 4.69) is 11.8 Å². The largest absolute Gasteiger partial charge is 0.337 e. The Hall–Kier alpha value is -0.530. The normalized spacial score (nSPS) is 32.9. The molecule has 1 amide bonds. The Morgan fingerprint density at radius 3 is 2.58 bits per heavy atom. The molecule has 1 atom stereocenters. The molecule has 0 aliphatic carbocycles. The van der Waals surface area contributed by atoms with Crippen LogP contribution in [0.15, 0.2) is 0 Å². The summed E-state index contributed by atoms with van der Waals surface area (Å²) in [6, 6.07) is 0. The van der Waals surface area contributed by atoms with E-state index >= 15 is 0 Å². The first-order valence-electron chi connectivity index (χ1n) is 5.03. The van der Waals surface area contributed by atoms with E-state index in [0.717, 1.165) is 19.4 Å². The molecule has 12 heavy (non-hydrogen) atoms. The molecule has 2 heteroatoms. The second kappa shape index (κ2) is 3.46. The van der Waals surface area contributed by atoms with Crippen LogP contribution in [0.3, 0.4) is 0 Å². The van der Waals surface area contributed by atoms with Crippen molar-refractivity contribution in [3.05, 3.63) is 0 Å². The van der Waals surface area contributed by atoms with E-state index in [4.69, 9.17) is 0 Å². The summed E-state index contributed by atoms with van der Waals surface area (Å²) < 4.78 is 0. The molecule has 0 aromatic carbocycles. The summed E-state index contributed by atoms with van der Waals surface area (Å²) in [6.45, 7) is 7.22. The summed E-state index contributed by atoms with van der Waals surface area (Å²) in [5.74, 6) is 0.375. The molecular formula is C10H19NO. The molecule has 0 saturated carbocycles. The van der Waals surface area contributed by atoms with Crippen LogP contribution in [0.4, 0.5) is 0 Å². The summed E-state index contributed by atoms with van der Waals surface area (Å²) in [5, 5.41) is 0. The Bertz CT molecular complexity index is 179. The Morgan fingerprint density at radius 1 is 1.33 bits per heavy atom. The van der Waals surface area contributed by atoms with E-state index in [1.54, 1.807) is 0 Å². The maximum absolute atomic E-state index is 11.2. The molecule has 2 fully saturated rings. The van der Waals surface area contributed by atoms with Gasteiger partial charge in [-0.05, 0) is 26.2 Å². The first kappa shape index (κ1) is 9.56. The third-order valence-electron chi connectivity index (χ3n) is 2.93. The molecule has 2 saturated heterocycles. The van der Waals surface area contributed by atoms with E-state index in [1.807, 2.05) is 13.8 Å². The molecule has 1 unspecified atom stereocenters. The van der Waals surface area contributed by atoms with Crippen LogP contribution in [-0.2, 0) is 4.79 Å². The lowest BCUT2D eigenvalue weighted by atomic mass is 9.97. The molecule has 0 N–H and O–H groups in total. The lowest BCUT2D eigenvalue weighted by Gasteiger charge is -2.26. The van der Waals surface area contributed by atoms with Crippen LogP contribution in [0.2, 0.25) is 0 Å². The minimum absolute atomic E-state index is 0.261. The van der Waals surface area contributed by atoms with Crippen LogP contribution in [-0.4, -0.2) is 22.9 Å². The van der Waals surface area contributed by atoms with Crippen molar-refractivity contribution in [1.82, 2.24) is 4.90 Å². The highest BCUT2D eigenvalue weighted by atomic mass is 16.2. The van der Waals surface area contributed by atoms with Gasteiger partial charge < -0.3 is 4.90 Å². The van der Waals surface area contributed by atoms with Crippen LogP contribution in [0.5, 0.6) is 0 Å². The number of carbonyl (C=O) groups excluding carboxylic acids is 1. The fourth-order valence-corrected chi connectivity index (χ4v) is 2.22. The third kappa shape index (κ3) is 1.35. The summed E-state index contributed by atoms with van der Waals surface area (Å²) in [7, 11) is 0. The van der Waals surface area contributed by atoms with Gasteiger partial charge in [-0.2, -0.15) is 0 Å². The summed E-state index contributed by atoms with van der Waals surface area (Å²) in [6.07, 6.45) is 4.31. The molecule has 2 aliphatic rings. The van der Waals surface area contributed by atoms with Gasteiger partial charge >= 0.3 is 0 Å². The van der Waals surface area contributed by atoms with Gasteiger partial charge in [0.15, 0.2) is 0 Å². The predicted octanol–water partition coefficient (Wildman–Crippen LogP) is 2.19. The molecule has 0 aromatic rings. The predicted molar refractivity (Wildman–Crippen MR) is 49.9 cm³/mol. The molecule has 0 radical (unpaired) electrons. The highest BCUT2D eigenvalue weighted by Crippen LogP contribution is 2.38. The number of hydrogen-bond acceptors (Lipinski definition) is 1. The van der Waals surface area contributed by atoms with E-state index in [1.165, 1.54) is 12.8 Å². The van der Waals surface area contributed by atoms with E-state index in [9.17, 15) is 4.79 Å². The molecule has 2 heterocycles. The zero-order valence-electron chi connectivity index (χ0n) is 8.39. The Labute approximate surface area is 74.9 Å². The average molecular weight is 169 g/mol. The van der Waals surface area contributed by atoms with Crippen molar-refractivity contribution >= 4 is 5.91 Å². The molecular weight excluding hydrogens is 150 g/mol. The quantitative estimate of drug-likeness (QED) is 0.544. The van der Waals surface area contributed by atoms with Crippen LogP contribution in [0.1, 0.15) is 46.5 Å². The van der Waals surface area contributed by atoms with Crippen molar-refractivity contribution in [3.8, 4) is 0 Å². The molecule has 0 spiro atoms. The zero-order valence-corrected chi connectivity index (χ0v) is 8.39. The van der Waals surface area contributed by atoms with Crippen LogP contribution >= 0.6 is 0 Å². The second-order valence-corrected chi connectivity index (χ2v) is 3.65. The van der Waals surface area contributed by atoms with Gasteiger partial charge in [-0.1, -0.05) is 13.8 Å². The van der Waals surface area contributed by atoms with Gasteiger partial charge in [-0.15, -0.1) is 0 Å². The Balaban J connectivity index is 0.000000336. The van der Waals surface area contributed by atoms with Gasteiger partial charge in [0.2, 0.25) is 5.91 Å². The van der Waals surface area contributed by atoms with Crippen molar-refractivity contribution in [2.24, 2.45) is 0 Å². The third-order valence-corrected chi connectivity index (χ3v) is 2.93. The summed E-state index contributed by atoms with van der Waals surface area (Å²) >= 11 is 0.